The molecule has 1 aliphatic rings. The number of fused-ring (bicyclic) bond motifs is 1. The zero-order valence-corrected chi connectivity index (χ0v) is 12.0. The van der Waals surface area contributed by atoms with Crippen molar-refractivity contribution in [3.63, 3.8) is 0 Å². The molecule has 0 bridgehead atoms. The van der Waals surface area contributed by atoms with Crippen LogP contribution in [0, 0.1) is 11.8 Å². The summed E-state index contributed by atoms with van der Waals surface area (Å²) in [4.78, 5) is 0. The van der Waals surface area contributed by atoms with E-state index in [4.69, 9.17) is 4.74 Å². The van der Waals surface area contributed by atoms with Crippen LogP contribution in [0.25, 0.3) is 0 Å². The van der Waals surface area contributed by atoms with E-state index in [9.17, 15) is 0 Å². The Morgan fingerprint density at radius 3 is 3.11 bits per heavy atom. The van der Waals surface area contributed by atoms with E-state index < -0.39 is 0 Å². The maximum atomic E-state index is 5.63. The molecule has 1 unspecified atom stereocenters. The van der Waals surface area contributed by atoms with Crippen LogP contribution < -0.4 is 10.1 Å². The van der Waals surface area contributed by atoms with Crippen molar-refractivity contribution in [3.05, 3.63) is 29.3 Å². The minimum atomic E-state index is 0.479. The molecular weight excluding hydrogens is 234 g/mol. The van der Waals surface area contributed by atoms with Crippen LogP contribution in [0.15, 0.2) is 18.2 Å². The van der Waals surface area contributed by atoms with Crippen LogP contribution in [0.2, 0.25) is 0 Å². The largest absolute Gasteiger partial charge is 0.481 e. The molecule has 1 aromatic rings. The van der Waals surface area contributed by atoms with Gasteiger partial charge in [0.15, 0.2) is 0 Å². The van der Waals surface area contributed by atoms with E-state index in [1.165, 1.54) is 30.4 Å². The van der Waals surface area contributed by atoms with Gasteiger partial charge >= 0.3 is 0 Å². The number of nitrogens with one attached hydrogen (secondary N) is 1. The van der Waals surface area contributed by atoms with Crippen molar-refractivity contribution in [2.75, 3.05) is 13.2 Å². The second kappa shape index (κ2) is 7.21. The summed E-state index contributed by atoms with van der Waals surface area (Å²) < 4.78 is 5.63. The number of hydrogen-bond donors (Lipinski definition) is 1. The van der Waals surface area contributed by atoms with Gasteiger partial charge in [0.05, 0.1) is 0 Å². The quantitative estimate of drug-likeness (QED) is 0.816. The minimum absolute atomic E-state index is 0.479. The molecule has 2 heteroatoms. The maximum Gasteiger partial charge on any atom is 0.149 e. The Morgan fingerprint density at radius 2 is 2.32 bits per heavy atom. The maximum absolute atomic E-state index is 5.63. The molecule has 1 N–H and O–H groups in total. The van der Waals surface area contributed by atoms with Crippen LogP contribution in [0.5, 0.6) is 5.75 Å². The Balaban J connectivity index is 2.08. The van der Waals surface area contributed by atoms with Crippen molar-refractivity contribution in [2.45, 2.75) is 45.6 Å². The predicted octanol–water partition coefficient (Wildman–Crippen LogP) is 3.47. The van der Waals surface area contributed by atoms with Crippen LogP contribution in [0.1, 0.15) is 50.3 Å². The summed E-state index contributed by atoms with van der Waals surface area (Å²) in [6.45, 7) is 5.61. The van der Waals surface area contributed by atoms with Gasteiger partial charge in [-0.2, -0.15) is 0 Å². The molecule has 1 atom stereocenters. The minimum Gasteiger partial charge on any atom is -0.481 e. The molecule has 0 aromatic heterocycles. The van der Waals surface area contributed by atoms with Crippen molar-refractivity contribution in [1.29, 1.82) is 0 Å². The molecule has 0 spiro atoms. The predicted molar refractivity (Wildman–Crippen MR) is 79.4 cm³/mol. The lowest BCUT2D eigenvalue weighted by Gasteiger charge is -2.26. The second-order valence-corrected chi connectivity index (χ2v) is 4.98. The van der Waals surface area contributed by atoms with Crippen LogP contribution >= 0.6 is 0 Å². The lowest BCUT2D eigenvalue weighted by Crippen LogP contribution is -2.25. The molecule has 1 aliphatic carbocycles. The molecule has 2 rings (SSSR count). The molecule has 0 saturated carbocycles. The molecule has 0 aliphatic heterocycles. The SMILES string of the molecule is CC#CCOc1ccc2c(c1)CCCC2NCCC. The lowest BCUT2D eigenvalue weighted by molar-refractivity contribution is 0.368. The van der Waals surface area contributed by atoms with Gasteiger partial charge in [-0.25, -0.2) is 0 Å². The van der Waals surface area contributed by atoms with Gasteiger partial charge in [0.25, 0.3) is 0 Å². The van der Waals surface area contributed by atoms with Crippen molar-refractivity contribution < 1.29 is 4.74 Å². The third-order valence-corrected chi connectivity index (χ3v) is 3.56. The molecule has 2 nitrogen and oxygen atoms in total. The molecule has 0 amide bonds. The molecule has 102 valence electrons. The molecule has 1 aromatic carbocycles. The average Bonchev–Trinajstić information content (AvgIpc) is 2.45. The molecule has 0 fully saturated rings. The molecule has 0 saturated heterocycles. The van der Waals surface area contributed by atoms with Gasteiger partial charge in [-0.05, 0) is 62.4 Å². The van der Waals surface area contributed by atoms with E-state index >= 15 is 0 Å². The van der Waals surface area contributed by atoms with Gasteiger partial charge < -0.3 is 10.1 Å². The third kappa shape index (κ3) is 3.75. The lowest BCUT2D eigenvalue weighted by atomic mass is 9.87. The Bertz CT molecular complexity index is 470. The summed E-state index contributed by atoms with van der Waals surface area (Å²) in [5.41, 5.74) is 2.88. The summed E-state index contributed by atoms with van der Waals surface area (Å²) in [6.07, 6.45) is 4.85. The number of rotatable bonds is 5. The number of benzene rings is 1. The fraction of sp³-hybridized carbons (Fsp3) is 0.529. The Kier molecular flexibility index (Phi) is 5.30. The average molecular weight is 257 g/mol. The topological polar surface area (TPSA) is 21.3 Å². The molecule has 19 heavy (non-hydrogen) atoms. The highest BCUT2D eigenvalue weighted by molar-refractivity contribution is 5.39. The van der Waals surface area contributed by atoms with Gasteiger partial charge in [-0.3, -0.25) is 0 Å². The van der Waals surface area contributed by atoms with E-state index in [0.29, 0.717) is 12.6 Å². The summed E-state index contributed by atoms with van der Waals surface area (Å²) in [5, 5.41) is 3.64. The molecule has 0 heterocycles. The van der Waals surface area contributed by atoms with Gasteiger partial charge in [0.2, 0.25) is 0 Å². The summed E-state index contributed by atoms with van der Waals surface area (Å²) in [6, 6.07) is 7.00. The molecular formula is C17H23NO. The Hall–Kier alpha value is -1.46. The molecule has 0 radical (unpaired) electrons. The van der Waals surface area contributed by atoms with Crippen molar-refractivity contribution in [2.24, 2.45) is 0 Å². The first-order valence-electron chi connectivity index (χ1n) is 7.23. The first kappa shape index (κ1) is 14.0. The summed E-state index contributed by atoms with van der Waals surface area (Å²) >= 11 is 0. The van der Waals surface area contributed by atoms with Gasteiger partial charge in [-0.15, -0.1) is 5.92 Å². The van der Waals surface area contributed by atoms with E-state index in [1.807, 2.05) is 6.92 Å². The smallest absolute Gasteiger partial charge is 0.149 e. The zero-order valence-electron chi connectivity index (χ0n) is 12.0. The van der Waals surface area contributed by atoms with Gasteiger partial charge in [0, 0.05) is 6.04 Å². The number of ether oxygens (including phenoxy) is 1. The number of aryl methyl sites for hydroxylation is 1. The standard InChI is InChI=1S/C17H23NO/c1-3-5-12-19-15-9-10-16-14(13-15)7-6-8-17(16)18-11-4-2/h9-10,13,17-18H,4,6-8,11-12H2,1-2H3. The highest BCUT2D eigenvalue weighted by Crippen LogP contribution is 2.32. The third-order valence-electron chi connectivity index (χ3n) is 3.56. The van der Waals surface area contributed by atoms with Crippen LogP contribution in [-0.4, -0.2) is 13.2 Å². The van der Waals surface area contributed by atoms with Crippen LogP contribution in [0.4, 0.5) is 0 Å². The van der Waals surface area contributed by atoms with Crippen LogP contribution in [0.3, 0.4) is 0 Å². The number of hydrogen-bond acceptors (Lipinski definition) is 2. The van der Waals surface area contributed by atoms with E-state index in [-0.39, 0.29) is 0 Å². The van der Waals surface area contributed by atoms with E-state index in [1.54, 1.807) is 0 Å². The van der Waals surface area contributed by atoms with Crippen molar-refractivity contribution in [1.82, 2.24) is 5.32 Å². The summed E-state index contributed by atoms with van der Waals surface area (Å²) in [7, 11) is 0. The highest BCUT2D eigenvalue weighted by atomic mass is 16.5. The normalized spacial score (nSPS) is 17.3. The highest BCUT2D eigenvalue weighted by Gasteiger charge is 2.19. The zero-order chi connectivity index (χ0) is 13.5. The van der Waals surface area contributed by atoms with E-state index in [2.05, 4.69) is 42.3 Å². The van der Waals surface area contributed by atoms with Gasteiger partial charge in [0.1, 0.15) is 12.4 Å². The van der Waals surface area contributed by atoms with Crippen molar-refractivity contribution in [3.8, 4) is 17.6 Å². The fourth-order valence-corrected chi connectivity index (χ4v) is 2.60. The van der Waals surface area contributed by atoms with Crippen molar-refractivity contribution >= 4 is 0 Å². The first-order valence-corrected chi connectivity index (χ1v) is 7.23. The summed E-state index contributed by atoms with van der Waals surface area (Å²) in [5.74, 6) is 6.72. The van der Waals surface area contributed by atoms with Gasteiger partial charge in [-0.1, -0.05) is 18.9 Å². The fourth-order valence-electron chi connectivity index (χ4n) is 2.60. The Morgan fingerprint density at radius 1 is 1.42 bits per heavy atom. The second-order valence-electron chi connectivity index (χ2n) is 4.98. The van der Waals surface area contributed by atoms with Crippen LogP contribution in [-0.2, 0) is 6.42 Å². The van der Waals surface area contributed by atoms with E-state index in [0.717, 1.165) is 18.7 Å². The Labute approximate surface area is 116 Å². The monoisotopic (exact) mass is 257 g/mol. The first-order chi connectivity index (χ1) is 9.35.